The van der Waals surface area contributed by atoms with E-state index in [1.165, 1.54) is 6.92 Å². The highest BCUT2D eigenvalue weighted by molar-refractivity contribution is 5.80. The topological polar surface area (TPSA) is 81.4 Å². The third-order valence-electron chi connectivity index (χ3n) is 1.37. The number of hydrogen-bond acceptors (Lipinski definition) is 4. The average Bonchev–Trinajstić information content (AvgIpc) is 2.10. The molecule has 0 atom stereocenters. The molecule has 0 saturated carbocycles. The number of carbonyl (C=O) groups excluding carboxylic acids is 2. The Labute approximate surface area is 77.6 Å². The lowest BCUT2D eigenvalue weighted by Crippen LogP contribution is -2.25. The van der Waals surface area contributed by atoms with E-state index in [1.807, 2.05) is 0 Å². The first-order chi connectivity index (χ1) is 6.16. The Hall–Kier alpha value is -0.940. The highest BCUT2D eigenvalue weighted by Gasteiger charge is 1.97. The molecule has 76 valence electrons. The maximum absolute atomic E-state index is 10.7. The van der Waals surface area contributed by atoms with Crippen molar-refractivity contribution < 1.29 is 14.3 Å². The van der Waals surface area contributed by atoms with E-state index in [-0.39, 0.29) is 18.2 Å². The largest absolute Gasteiger partial charge is 0.379 e. The number of ether oxygens (including phenoxy) is 1. The van der Waals surface area contributed by atoms with Crippen LogP contribution in [0.15, 0.2) is 0 Å². The van der Waals surface area contributed by atoms with Crippen LogP contribution in [0.4, 0.5) is 0 Å². The van der Waals surface area contributed by atoms with E-state index in [0.29, 0.717) is 26.2 Å². The van der Waals surface area contributed by atoms with E-state index < -0.39 is 0 Å². The van der Waals surface area contributed by atoms with E-state index in [9.17, 15) is 9.59 Å². The van der Waals surface area contributed by atoms with E-state index in [1.54, 1.807) is 0 Å². The van der Waals surface area contributed by atoms with Gasteiger partial charge in [-0.3, -0.25) is 9.59 Å². The molecule has 0 aliphatic rings. The lowest BCUT2D eigenvalue weighted by atomic mass is 10.3. The number of rotatable bonds is 7. The number of carbonyl (C=O) groups is 2. The van der Waals surface area contributed by atoms with Crippen LogP contribution in [0.3, 0.4) is 0 Å². The van der Waals surface area contributed by atoms with E-state index >= 15 is 0 Å². The maximum atomic E-state index is 10.7. The summed E-state index contributed by atoms with van der Waals surface area (Å²) in [5.41, 5.74) is 5.09. The summed E-state index contributed by atoms with van der Waals surface area (Å²) in [6.45, 7) is 2.78. The predicted molar refractivity (Wildman–Crippen MR) is 48.2 cm³/mol. The highest BCUT2D eigenvalue weighted by Crippen LogP contribution is 1.83. The molecule has 0 aliphatic carbocycles. The molecule has 0 fully saturated rings. The van der Waals surface area contributed by atoms with Gasteiger partial charge in [-0.25, -0.2) is 0 Å². The lowest BCUT2D eigenvalue weighted by molar-refractivity contribution is -0.120. The summed E-state index contributed by atoms with van der Waals surface area (Å²) in [5.74, 6) is -0.0961. The molecule has 3 N–H and O–H groups in total. The second kappa shape index (κ2) is 7.70. The molecule has 0 aromatic carbocycles. The van der Waals surface area contributed by atoms with Crippen LogP contribution in [0.5, 0.6) is 0 Å². The number of Topliss-reactive ketones (excluding diaryl/α,β-unsaturated/α-hetero) is 1. The van der Waals surface area contributed by atoms with Crippen LogP contribution < -0.4 is 11.1 Å². The molecule has 0 aromatic rings. The smallest absolute Gasteiger partial charge is 0.216 e. The molecule has 0 bridgehead atoms. The van der Waals surface area contributed by atoms with Crippen molar-refractivity contribution in [2.24, 2.45) is 5.73 Å². The summed E-state index contributed by atoms with van der Waals surface area (Å²) in [5, 5.41) is 2.57. The van der Waals surface area contributed by atoms with E-state index in [0.717, 1.165) is 0 Å². The number of amides is 1. The number of ketones is 1. The first-order valence-corrected chi connectivity index (χ1v) is 4.20. The molecule has 0 radical (unpaired) electrons. The van der Waals surface area contributed by atoms with Gasteiger partial charge in [-0.1, -0.05) is 0 Å². The van der Waals surface area contributed by atoms with Crippen LogP contribution >= 0.6 is 0 Å². The first kappa shape index (κ1) is 12.1. The van der Waals surface area contributed by atoms with Crippen LogP contribution in [0.1, 0.15) is 13.3 Å². The quantitative estimate of drug-likeness (QED) is 0.505. The van der Waals surface area contributed by atoms with Crippen LogP contribution in [0.25, 0.3) is 0 Å². The predicted octanol–water partition coefficient (Wildman–Crippen LogP) is -0.943. The van der Waals surface area contributed by atoms with Gasteiger partial charge in [-0.2, -0.15) is 0 Å². The van der Waals surface area contributed by atoms with Crippen molar-refractivity contribution in [2.75, 3.05) is 26.3 Å². The summed E-state index contributed by atoms with van der Waals surface area (Å²) in [6.07, 6.45) is 0.344. The molecule has 0 aromatic heterocycles. The minimum Gasteiger partial charge on any atom is -0.379 e. The zero-order valence-electron chi connectivity index (χ0n) is 7.84. The number of nitrogens with one attached hydrogen (secondary N) is 1. The fourth-order valence-electron chi connectivity index (χ4n) is 0.689. The average molecular weight is 188 g/mol. The van der Waals surface area contributed by atoms with Gasteiger partial charge in [0, 0.05) is 19.9 Å². The SMILES string of the molecule is CC(=O)NCCOCCC(=O)CN. The monoisotopic (exact) mass is 188 g/mol. The standard InChI is InChI=1S/C8H16N2O3/c1-7(11)10-3-5-13-4-2-8(12)6-9/h2-6,9H2,1H3,(H,10,11). The third-order valence-corrected chi connectivity index (χ3v) is 1.37. The Balaban J connectivity index is 3.08. The molecule has 0 aliphatic heterocycles. The van der Waals surface area contributed by atoms with Gasteiger partial charge in [0.2, 0.25) is 5.91 Å². The van der Waals surface area contributed by atoms with Crippen molar-refractivity contribution in [1.29, 1.82) is 0 Å². The minimum atomic E-state index is -0.0818. The Kier molecular flexibility index (Phi) is 7.14. The van der Waals surface area contributed by atoms with Gasteiger partial charge >= 0.3 is 0 Å². The van der Waals surface area contributed by atoms with Crippen LogP contribution in [-0.4, -0.2) is 38.0 Å². The maximum Gasteiger partial charge on any atom is 0.216 e. The van der Waals surface area contributed by atoms with Crippen molar-refractivity contribution in [3.8, 4) is 0 Å². The molecule has 1 amide bonds. The molecular formula is C8H16N2O3. The molecule has 0 heterocycles. The van der Waals surface area contributed by atoms with Crippen molar-refractivity contribution in [2.45, 2.75) is 13.3 Å². The zero-order valence-corrected chi connectivity index (χ0v) is 7.84. The molecule has 5 nitrogen and oxygen atoms in total. The van der Waals surface area contributed by atoms with E-state index in [2.05, 4.69) is 5.32 Å². The second-order valence-electron chi connectivity index (χ2n) is 2.59. The number of hydrogen-bond donors (Lipinski definition) is 2. The minimum absolute atomic E-state index is 0.0143. The van der Waals surface area contributed by atoms with Gasteiger partial charge in [0.25, 0.3) is 0 Å². The van der Waals surface area contributed by atoms with Gasteiger partial charge < -0.3 is 15.8 Å². The second-order valence-corrected chi connectivity index (χ2v) is 2.59. The summed E-state index contributed by atoms with van der Waals surface area (Å²) in [4.78, 5) is 21.1. The lowest BCUT2D eigenvalue weighted by Gasteiger charge is -2.03. The molecule has 0 unspecified atom stereocenters. The highest BCUT2D eigenvalue weighted by atomic mass is 16.5. The molecule has 0 rings (SSSR count). The van der Waals surface area contributed by atoms with Crippen molar-refractivity contribution >= 4 is 11.7 Å². The molecule has 0 spiro atoms. The summed E-state index contributed by atoms with van der Waals surface area (Å²) in [7, 11) is 0. The van der Waals surface area contributed by atoms with Crippen molar-refractivity contribution in [3.05, 3.63) is 0 Å². The fourth-order valence-corrected chi connectivity index (χ4v) is 0.689. The molecule has 13 heavy (non-hydrogen) atoms. The Morgan fingerprint density at radius 3 is 2.62 bits per heavy atom. The van der Waals surface area contributed by atoms with Crippen molar-refractivity contribution in [1.82, 2.24) is 5.32 Å². The van der Waals surface area contributed by atoms with Crippen LogP contribution in [0.2, 0.25) is 0 Å². The number of nitrogens with two attached hydrogens (primary N) is 1. The van der Waals surface area contributed by atoms with Gasteiger partial charge in [-0.05, 0) is 0 Å². The van der Waals surface area contributed by atoms with Crippen LogP contribution in [0, 0.1) is 0 Å². The molecule has 5 heteroatoms. The third kappa shape index (κ3) is 8.97. The summed E-state index contributed by atoms with van der Waals surface area (Å²) in [6, 6.07) is 0. The first-order valence-electron chi connectivity index (χ1n) is 4.20. The fraction of sp³-hybridized carbons (Fsp3) is 0.750. The van der Waals surface area contributed by atoms with Gasteiger partial charge in [-0.15, -0.1) is 0 Å². The van der Waals surface area contributed by atoms with Gasteiger partial charge in [0.05, 0.1) is 19.8 Å². The molecular weight excluding hydrogens is 172 g/mol. The zero-order chi connectivity index (χ0) is 10.1. The van der Waals surface area contributed by atoms with Crippen LogP contribution in [-0.2, 0) is 14.3 Å². The van der Waals surface area contributed by atoms with Crippen molar-refractivity contribution in [3.63, 3.8) is 0 Å². The Morgan fingerprint density at radius 1 is 1.38 bits per heavy atom. The Morgan fingerprint density at radius 2 is 2.08 bits per heavy atom. The normalized spacial score (nSPS) is 9.69. The Bertz CT molecular complexity index is 171. The molecule has 0 saturated heterocycles. The van der Waals surface area contributed by atoms with E-state index in [4.69, 9.17) is 10.5 Å². The summed E-state index contributed by atoms with van der Waals surface area (Å²) >= 11 is 0. The van der Waals surface area contributed by atoms with Gasteiger partial charge in [0.1, 0.15) is 5.78 Å². The summed E-state index contributed by atoms with van der Waals surface area (Å²) < 4.78 is 5.07. The van der Waals surface area contributed by atoms with Gasteiger partial charge in [0.15, 0.2) is 0 Å².